The summed E-state index contributed by atoms with van der Waals surface area (Å²) in [7, 11) is 1.56. The van der Waals surface area contributed by atoms with Crippen molar-refractivity contribution in [3.8, 4) is 0 Å². The molecule has 0 saturated carbocycles. The number of allylic oxidation sites excluding steroid dienone is 1. The molecule has 1 atom stereocenters. The van der Waals surface area contributed by atoms with Crippen LogP contribution >= 0.6 is 0 Å². The van der Waals surface area contributed by atoms with Crippen LogP contribution in [0.1, 0.15) is 57.4 Å². The molecular weight excluding hydrogens is 421 g/mol. The Balaban J connectivity index is 2.40. The number of carbonyl (C=O) groups is 1. The zero-order chi connectivity index (χ0) is 23.4. The number of aromatic nitrogens is 2. The summed E-state index contributed by atoms with van der Waals surface area (Å²) in [4.78, 5) is 13.0. The fourth-order valence-corrected chi connectivity index (χ4v) is 3.68. The standard InChI is InChI=1S/C21H22F5N3O2/c1-7-9-11-12(13-14(22)16(24)18(26)17(25)15(13)23)10(20(30)31-21(3,4)5)8(2)27-19(11)29(6)28-9/h12,27H,7H2,1-6H3. The summed E-state index contributed by atoms with van der Waals surface area (Å²) in [5.41, 5.74) is -1.70. The highest BCUT2D eigenvalue weighted by Crippen LogP contribution is 2.46. The maximum Gasteiger partial charge on any atom is 0.337 e. The number of rotatable bonds is 3. The van der Waals surface area contributed by atoms with E-state index in [0.29, 0.717) is 5.69 Å². The Morgan fingerprint density at radius 1 is 1.03 bits per heavy atom. The van der Waals surface area contributed by atoms with Crippen molar-refractivity contribution in [2.24, 2.45) is 7.05 Å². The Morgan fingerprint density at radius 3 is 2.03 bits per heavy atom. The van der Waals surface area contributed by atoms with Crippen molar-refractivity contribution in [1.29, 1.82) is 0 Å². The molecule has 0 saturated heterocycles. The third-order valence-electron chi connectivity index (χ3n) is 4.93. The Morgan fingerprint density at radius 2 is 1.55 bits per heavy atom. The Bertz CT molecular complexity index is 1090. The van der Waals surface area contributed by atoms with Crippen LogP contribution < -0.4 is 5.32 Å². The molecule has 31 heavy (non-hydrogen) atoms. The first-order valence-corrected chi connectivity index (χ1v) is 9.58. The largest absolute Gasteiger partial charge is 0.457 e. The van der Waals surface area contributed by atoms with E-state index in [2.05, 4.69) is 10.4 Å². The minimum absolute atomic E-state index is 0.152. The quantitative estimate of drug-likeness (QED) is 0.319. The van der Waals surface area contributed by atoms with Gasteiger partial charge in [0.15, 0.2) is 23.3 Å². The number of nitrogens with zero attached hydrogens (tertiary/aromatic N) is 2. The summed E-state index contributed by atoms with van der Waals surface area (Å²) in [6, 6.07) is 0. The van der Waals surface area contributed by atoms with E-state index in [-0.39, 0.29) is 29.1 Å². The van der Waals surface area contributed by atoms with Crippen molar-refractivity contribution in [3.05, 3.63) is 57.2 Å². The number of nitrogens with one attached hydrogen (secondary N) is 1. The number of anilines is 1. The van der Waals surface area contributed by atoms with Gasteiger partial charge in [-0.05, 0) is 34.1 Å². The molecule has 0 amide bonds. The van der Waals surface area contributed by atoms with E-state index in [0.717, 1.165) is 0 Å². The monoisotopic (exact) mass is 443 g/mol. The minimum atomic E-state index is -2.27. The second-order valence-corrected chi connectivity index (χ2v) is 8.27. The van der Waals surface area contributed by atoms with Crippen molar-refractivity contribution in [1.82, 2.24) is 9.78 Å². The molecule has 0 spiro atoms. The van der Waals surface area contributed by atoms with E-state index >= 15 is 0 Å². The number of esters is 1. The molecule has 168 valence electrons. The van der Waals surface area contributed by atoms with Gasteiger partial charge in [0.1, 0.15) is 11.4 Å². The molecular formula is C21H22F5N3O2. The van der Waals surface area contributed by atoms with Gasteiger partial charge in [0.25, 0.3) is 0 Å². The predicted octanol–water partition coefficient (Wildman–Crippen LogP) is 4.85. The van der Waals surface area contributed by atoms with E-state index < -0.39 is 52.1 Å². The molecule has 1 aromatic carbocycles. The summed E-state index contributed by atoms with van der Waals surface area (Å²) in [5, 5.41) is 7.23. The van der Waals surface area contributed by atoms with E-state index in [4.69, 9.17) is 4.74 Å². The normalized spacial score (nSPS) is 16.3. The average molecular weight is 443 g/mol. The molecule has 2 heterocycles. The van der Waals surface area contributed by atoms with Crippen molar-refractivity contribution in [2.45, 2.75) is 52.6 Å². The van der Waals surface area contributed by atoms with Crippen molar-refractivity contribution in [3.63, 3.8) is 0 Å². The van der Waals surface area contributed by atoms with Crippen LogP contribution in [0.25, 0.3) is 0 Å². The van der Waals surface area contributed by atoms with Crippen molar-refractivity contribution < 1.29 is 31.5 Å². The van der Waals surface area contributed by atoms with E-state index in [1.807, 2.05) is 0 Å². The first kappa shape index (κ1) is 22.8. The number of hydrogen-bond acceptors (Lipinski definition) is 4. The van der Waals surface area contributed by atoms with Crippen LogP contribution in [0.4, 0.5) is 27.8 Å². The van der Waals surface area contributed by atoms with E-state index in [1.54, 1.807) is 34.7 Å². The van der Waals surface area contributed by atoms with Crippen LogP contribution in [0.5, 0.6) is 0 Å². The van der Waals surface area contributed by atoms with E-state index in [9.17, 15) is 26.7 Å². The van der Waals surface area contributed by atoms with Gasteiger partial charge in [-0.15, -0.1) is 0 Å². The molecule has 5 nitrogen and oxygen atoms in total. The van der Waals surface area contributed by atoms with Crippen molar-refractivity contribution >= 4 is 11.8 Å². The van der Waals surface area contributed by atoms with Crippen molar-refractivity contribution in [2.75, 3.05) is 5.32 Å². The Kier molecular flexibility index (Phi) is 5.62. The topological polar surface area (TPSA) is 56.2 Å². The summed E-state index contributed by atoms with van der Waals surface area (Å²) < 4.78 is 78.4. The average Bonchev–Trinajstić information content (AvgIpc) is 2.98. The van der Waals surface area contributed by atoms with Crippen LogP contribution in [-0.4, -0.2) is 21.4 Å². The lowest BCUT2D eigenvalue weighted by atomic mass is 9.80. The fourth-order valence-electron chi connectivity index (χ4n) is 3.68. The smallest absolute Gasteiger partial charge is 0.337 e. The molecule has 1 aromatic heterocycles. The first-order chi connectivity index (χ1) is 14.3. The second kappa shape index (κ2) is 7.65. The molecule has 1 aliphatic rings. The number of aryl methyl sites for hydroxylation is 2. The number of carbonyl (C=O) groups excluding carboxylic acids is 1. The maximum atomic E-state index is 14.9. The third kappa shape index (κ3) is 3.68. The van der Waals surface area contributed by atoms with Gasteiger partial charge in [0.2, 0.25) is 5.82 Å². The maximum absolute atomic E-state index is 14.9. The Labute approximate surface area is 175 Å². The van der Waals surface area contributed by atoms with Crippen LogP contribution in [0, 0.1) is 29.1 Å². The van der Waals surface area contributed by atoms with Gasteiger partial charge in [-0.2, -0.15) is 5.10 Å². The molecule has 1 aliphatic heterocycles. The molecule has 10 heteroatoms. The highest BCUT2D eigenvalue weighted by Gasteiger charge is 2.43. The minimum Gasteiger partial charge on any atom is -0.457 e. The molecule has 3 rings (SSSR count). The van der Waals surface area contributed by atoms with Gasteiger partial charge < -0.3 is 10.1 Å². The molecule has 0 aliphatic carbocycles. The van der Waals surface area contributed by atoms with Crippen LogP contribution in [0.15, 0.2) is 11.3 Å². The molecule has 0 fully saturated rings. The fraction of sp³-hybridized carbons (Fsp3) is 0.429. The van der Waals surface area contributed by atoms with Gasteiger partial charge in [0, 0.05) is 23.9 Å². The number of fused-ring (bicyclic) bond motifs is 1. The lowest BCUT2D eigenvalue weighted by Crippen LogP contribution is -2.31. The molecule has 1 unspecified atom stereocenters. The first-order valence-electron chi connectivity index (χ1n) is 9.58. The number of ether oxygens (including phenoxy) is 1. The molecule has 0 radical (unpaired) electrons. The van der Waals surface area contributed by atoms with Crippen LogP contribution in [0.3, 0.4) is 0 Å². The summed E-state index contributed by atoms with van der Waals surface area (Å²) in [5.74, 6) is -12.7. The second-order valence-electron chi connectivity index (χ2n) is 8.27. The van der Waals surface area contributed by atoms with Gasteiger partial charge in [0.05, 0.1) is 17.2 Å². The predicted molar refractivity (Wildman–Crippen MR) is 103 cm³/mol. The summed E-state index contributed by atoms with van der Waals surface area (Å²) >= 11 is 0. The number of halogens is 5. The van der Waals surface area contributed by atoms with Crippen LogP contribution in [0.2, 0.25) is 0 Å². The number of benzene rings is 1. The van der Waals surface area contributed by atoms with Crippen LogP contribution in [-0.2, 0) is 23.0 Å². The molecule has 1 N–H and O–H groups in total. The Hall–Kier alpha value is -2.91. The summed E-state index contributed by atoms with van der Waals surface area (Å²) in [6.45, 7) is 7.96. The van der Waals surface area contributed by atoms with Gasteiger partial charge in [-0.1, -0.05) is 6.92 Å². The number of hydrogen-bond donors (Lipinski definition) is 1. The zero-order valence-corrected chi connectivity index (χ0v) is 17.9. The molecule has 2 aromatic rings. The lowest BCUT2D eigenvalue weighted by Gasteiger charge is -2.31. The SMILES string of the molecule is CCc1nn(C)c2c1C(c1c(F)c(F)c(F)c(F)c1F)C(C(=O)OC(C)(C)C)=C(C)N2. The lowest BCUT2D eigenvalue weighted by molar-refractivity contribution is -0.150. The highest BCUT2D eigenvalue weighted by molar-refractivity contribution is 5.95. The summed E-state index contributed by atoms with van der Waals surface area (Å²) in [6.07, 6.45) is 0.289. The van der Waals surface area contributed by atoms with Gasteiger partial charge in [-0.25, -0.2) is 26.7 Å². The highest BCUT2D eigenvalue weighted by atomic mass is 19.2. The van der Waals surface area contributed by atoms with E-state index in [1.165, 1.54) is 11.6 Å². The van der Waals surface area contributed by atoms with Gasteiger partial charge in [-0.3, -0.25) is 4.68 Å². The zero-order valence-electron chi connectivity index (χ0n) is 17.9. The third-order valence-corrected chi connectivity index (χ3v) is 4.93. The molecule has 0 bridgehead atoms. The van der Waals surface area contributed by atoms with Gasteiger partial charge >= 0.3 is 5.97 Å².